The predicted molar refractivity (Wildman–Crippen MR) is 94.9 cm³/mol. The van der Waals surface area contributed by atoms with Crippen LogP contribution in [0, 0.1) is 0 Å². The van der Waals surface area contributed by atoms with Crippen LogP contribution >= 0.6 is 0 Å². The average Bonchev–Trinajstić information content (AvgIpc) is 2.67. The number of carboxylic acid groups (broad SMARTS) is 2. The Bertz CT molecular complexity index is 896. The number of hydrogen-bond acceptors (Lipinski definition) is 7. The van der Waals surface area contributed by atoms with Crippen molar-refractivity contribution >= 4 is 22.7 Å². The normalized spacial score (nSPS) is 28.6. The highest BCUT2D eigenvalue weighted by Gasteiger charge is 2.48. The average molecular weight is 392 g/mol. The van der Waals surface area contributed by atoms with Gasteiger partial charge in [-0.15, -0.1) is 0 Å². The standard InChI is InChI=1S/C19H20O9/c1-8(17(23)24)9-2-3-11-7-12(5-4-10(11)6-9)27-19-15(22)13(20)14(21)16(28-19)18(25)26/h2-8,13-16,19-22H,1H3,(H,23,24)(H,25,26)/t8?,13-,14-,15+,16-,19?/m0/s1. The second-order valence-corrected chi connectivity index (χ2v) is 6.68. The van der Waals surface area contributed by atoms with Crippen LogP contribution in [0.25, 0.3) is 10.8 Å². The summed E-state index contributed by atoms with van der Waals surface area (Å²) in [5.41, 5.74) is 0.640. The number of aliphatic carboxylic acids is 2. The topological polar surface area (TPSA) is 154 Å². The van der Waals surface area contributed by atoms with Gasteiger partial charge in [-0.3, -0.25) is 4.79 Å². The lowest BCUT2D eigenvalue weighted by Crippen LogP contribution is -2.61. The van der Waals surface area contributed by atoms with Crippen molar-refractivity contribution in [3.05, 3.63) is 42.0 Å². The Morgan fingerprint density at radius 3 is 2.25 bits per heavy atom. The third-order valence-electron chi connectivity index (χ3n) is 4.77. The van der Waals surface area contributed by atoms with Crippen LogP contribution in [0.1, 0.15) is 18.4 Å². The van der Waals surface area contributed by atoms with E-state index in [1.54, 1.807) is 43.3 Å². The van der Waals surface area contributed by atoms with E-state index in [1.165, 1.54) is 0 Å². The summed E-state index contributed by atoms with van der Waals surface area (Å²) >= 11 is 0. The van der Waals surface area contributed by atoms with Crippen molar-refractivity contribution in [2.45, 2.75) is 43.5 Å². The molecule has 1 heterocycles. The van der Waals surface area contributed by atoms with Crippen molar-refractivity contribution in [2.75, 3.05) is 0 Å². The number of benzene rings is 2. The van der Waals surface area contributed by atoms with E-state index in [0.29, 0.717) is 5.56 Å². The van der Waals surface area contributed by atoms with Crippen LogP contribution < -0.4 is 4.74 Å². The number of hydrogen-bond donors (Lipinski definition) is 5. The fourth-order valence-electron chi connectivity index (χ4n) is 3.01. The number of carbonyl (C=O) groups is 2. The van der Waals surface area contributed by atoms with Gasteiger partial charge in [0.15, 0.2) is 6.10 Å². The molecule has 5 N–H and O–H groups in total. The molecule has 1 aliphatic heterocycles. The van der Waals surface area contributed by atoms with Crippen molar-refractivity contribution in [3.63, 3.8) is 0 Å². The molecule has 2 aromatic rings. The third kappa shape index (κ3) is 3.78. The van der Waals surface area contributed by atoms with Crippen LogP contribution in [-0.4, -0.2) is 68.2 Å². The van der Waals surface area contributed by atoms with Crippen LogP contribution in [0.3, 0.4) is 0 Å². The molecule has 0 aromatic heterocycles. The summed E-state index contributed by atoms with van der Waals surface area (Å²) in [6, 6.07) is 9.96. The Morgan fingerprint density at radius 1 is 0.964 bits per heavy atom. The van der Waals surface area contributed by atoms with Gasteiger partial charge in [-0.05, 0) is 35.4 Å². The molecule has 0 saturated carbocycles. The third-order valence-corrected chi connectivity index (χ3v) is 4.77. The number of carboxylic acids is 2. The molecule has 0 spiro atoms. The minimum Gasteiger partial charge on any atom is -0.481 e. The van der Waals surface area contributed by atoms with Crippen molar-refractivity contribution in [2.24, 2.45) is 0 Å². The Balaban J connectivity index is 1.83. The molecule has 9 nitrogen and oxygen atoms in total. The zero-order chi connectivity index (χ0) is 20.6. The minimum atomic E-state index is -1.79. The molecule has 2 aromatic carbocycles. The highest BCUT2D eigenvalue weighted by molar-refractivity contribution is 5.86. The first-order valence-electron chi connectivity index (χ1n) is 8.54. The van der Waals surface area contributed by atoms with E-state index in [9.17, 15) is 24.9 Å². The Kier molecular flexibility index (Phi) is 5.52. The van der Waals surface area contributed by atoms with Gasteiger partial charge in [-0.1, -0.05) is 24.3 Å². The highest BCUT2D eigenvalue weighted by Crippen LogP contribution is 2.28. The first kappa shape index (κ1) is 20.0. The summed E-state index contributed by atoms with van der Waals surface area (Å²) in [7, 11) is 0. The molecule has 0 bridgehead atoms. The van der Waals surface area contributed by atoms with Crippen LogP contribution in [-0.2, 0) is 14.3 Å². The first-order valence-corrected chi connectivity index (χ1v) is 8.54. The summed E-state index contributed by atoms with van der Waals surface area (Å²) in [4.78, 5) is 22.3. The van der Waals surface area contributed by atoms with Gasteiger partial charge < -0.3 is 35.0 Å². The summed E-state index contributed by atoms with van der Waals surface area (Å²) in [5.74, 6) is -2.85. The second-order valence-electron chi connectivity index (χ2n) is 6.68. The van der Waals surface area contributed by atoms with E-state index in [1.807, 2.05) is 0 Å². The van der Waals surface area contributed by atoms with E-state index in [2.05, 4.69) is 0 Å². The lowest BCUT2D eigenvalue weighted by Gasteiger charge is -2.38. The van der Waals surface area contributed by atoms with Crippen LogP contribution in [0.4, 0.5) is 0 Å². The maximum atomic E-state index is 11.1. The van der Waals surface area contributed by atoms with E-state index in [0.717, 1.165) is 10.8 Å². The number of fused-ring (bicyclic) bond motifs is 1. The van der Waals surface area contributed by atoms with Crippen molar-refractivity contribution in [1.29, 1.82) is 0 Å². The molecule has 28 heavy (non-hydrogen) atoms. The lowest BCUT2D eigenvalue weighted by molar-refractivity contribution is -0.271. The predicted octanol–water partition coefficient (Wildman–Crippen LogP) is 0.299. The quantitative estimate of drug-likeness (QED) is 0.483. The van der Waals surface area contributed by atoms with Gasteiger partial charge in [0, 0.05) is 0 Å². The SMILES string of the molecule is CC(C(=O)O)c1ccc2cc(OC3O[C@H](C(=O)O)[C@@H](O)[C@H](O)[C@H]3O)ccc2c1. The molecular formula is C19H20O9. The maximum absolute atomic E-state index is 11.1. The fourth-order valence-corrected chi connectivity index (χ4v) is 3.01. The Morgan fingerprint density at radius 2 is 1.61 bits per heavy atom. The van der Waals surface area contributed by atoms with E-state index >= 15 is 0 Å². The summed E-state index contributed by atoms with van der Waals surface area (Å²) in [6.45, 7) is 1.58. The van der Waals surface area contributed by atoms with Crippen LogP contribution in [0.5, 0.6) is 5.75 Å². The van der Waals surface area contributed by atoms with Gasteiger partial charge in [0.2, 0.25) is 6.29 Å². The van der Waals surface area contributed by atoms with Crippen LogP contribution in [0.2, 0.25) is 0 Å². The van der Waals surface area contributed by atoms with Gasteiger partial charge >= 0.3 is 11.9 Å². The van der Waals surface area contributed by atoms with Gasteiger partial charge in [0.05, 0.1) is 5.92 Å². The number of rotatable bonds is 5. The van der Waals surface area contributed by atoms with Gasteiger partial charge in [-0.25, -0.2) is 4.79 Å². The minimum absolute atomic E-state index is 0.239. The van der Waals surface area contributed by atoms with Crippen LogP contribution in [0.15, 0.2) is 36.4 Å². The summed E-state index contributed by atoms with van der Waals surface area (Å²) in [5, 5.41) is 49.2. The number of aliphatic hydroxyl groups is 3. The molecule has 1 aliphatic rings. The second kappa shape index (κ2) is 7.72. The number of aliphatic hydroxyl groups excluding tert-OH is 3. The Hall–Kier alpha value is -2.72. The van der Waals surface area contributed by atoms with E-state index in [-0.39, 0.29) is 5.75 Å². The molecular weight excluding hydrogens is 372 g/mol. The highest BCUT2D eigenvalue weighted by atomic mass is 16.7. The van der Waals surface area contributed by atoms with E-state index < -0.39 is 48.6 Å². The van der Waals surface area contributed by atoms with Crippen molar-refractivity contribution in [3.8, 4) is 5.75 Å². The summed E-state index contributed by atoms with van der Waals surface area (Å²) < 4.78 is 10.6. The molecule has 3 rings (SSSR count). The molecule has 150 valence electrons. The van der Waals surface area contributed by atoms with Gasteiger partial charge in [0.25, 0.3) is 0 Å². The largest absolute Gasteiger partial charge is 0.481 e. The Labute approximate surface area is 159 Å². The molecule has 1 saturated heterocycles. The van der Waals surface area contributed by atoms with Gasteiger partial charge in [0.1, 0.15) is 24.1 Å². The summed E-state index contributed by atoms with van der Waals surface area (Å²) in [6.07, 6.45) is -8.44. The molecule has 2 unspecified atom stereocenters. The van der Waals surface area contributed by atoms with Crippen molar-refractivity contribution < 1.29 is 44.6 Å². The molecule has 0 amide bonds. The fraction of sp³-hybridized carbons (Fsp3) is 0.368. The zero-order valence-corrected chi connectivity index (χ0v) is 14.8. The molecule has 1 fully saturated rings. The molecule has 0 aliphatic carbocycles. The lowest BCUT2D eigenvalue weighted by atomic mass is 9.98. The molecule has 6 atom stereocenters. The van der Waals surface area contributed by atoms with E-state index in [4.69, 9.17) is 19.7 Å². The maximum Gasteiger partial charge on any atom is 0.335 e. The monoisotopic (exact) mass is 392 g/mol. The molecule has 9 heteroatoms. The zero-order valence-electron chi connectivity index (χ0n) is 14.8. The smallest absolute Gasteiger partial charge is 0.335 e. The van der Waals surface area contributed by atoms with Gasteiger partial charge in [-0.2, -0.15) is 0 Å². The first-order chi connectivity index (χ1) is 13.2. The van der Waals surface area contributed by atoms with Crippen molar-refractivity contribution in [1.82, 2.24) is 0 Å². The number of ether oxygens (including phenoxy) is 2. The molecule has 0 radical (unpaired) electrons.